The van der Waals surface area contributed by atoms with Gasteiger partial charge in [0, 0.05) is 31.9 Å². The minimum atomic E-state index is 0.248. The van der Waals surface area contributed by atoms with Gasteiger partial charge in [0.25, 0.3) is 0 Å². The first-order valence-corrected chi connectivity index (χ1v) is 7.55. The van der Waals surface area contributed by atoms with E-state index in [-0.39, 0.29) is 5.91 Å². The summed E-state index contributed by atoms with van der Waals surface area (Å²) in [5.74, 6) is 2.70. The Morgan fingerprint density at radius 1 is 1.37 bits per heavy atom. The third-order valence-corrected chi connectivity index (χ3v) is 4.78. The Morgan fingerprint density at radius 3 is 3.00 bits per heavy atom. The molecule has 2 fully saturated rings. The van der Waals surface area contributed by atoms with E-state index < -0.39 is 0 Å². The van der Waals surface area contributed by atoms with Gasteiger partial charge in [0.15, 0.2) is 0 Å². The fraction of sp³-hybridized carbons (Fsp3) is 0.733. The lowest BCUT2D eigenvalue weighted by atomic mass is 9.86. The third kappa shape index (κ3) is 3.17. The molecule has 1 aromatic rings. The minimum absolute atomic E-state index is 0.248. The zero-order valence-corrected chi connectivity index (χ0v) is 11.4. The van der Waals surface area contributed by atoms with Gasteiger partial charge in [0.1, 0.15) is 0 Å². The Hall–Kier alpha value is -1.32. The van der Waals surface area contributed by atoms with Crippen molar-refractivity contribution in [2.45, 2.75) is 45.1 Å². The number of fused-ring (bicyclic) bond motifs is 2. The van der Waals surface area contributed by atoms with Gasteiger partial charge < -0.3 is 5.32 Å². The van der Waals surface area contributed by atoms with E-state index in [1.54, 1.807) is 6.20 Å². The first-order valence-electron chi connectivity index (χ1n) is 7.55. The molecule has 0 radical (unpaired) electrons. The van der Waals surface area contributed by atoms with Crippen molar-refractivity contribution in [2.75, 3.05) is 6.54 Å². The number of carbonyl (C=O) groups excluding carboxylic acids is 1. The van der Waals surface area contributed by atoms with Crippen LogP contribution in [0.1, 0.15) is 38.5 Å². The summed E-state index contributed by atoms with van der Waals surface area (Å²) in [6, 6.07) is 1.92. The van der Waals surface area contributed by atoms with E-state index >= 15 is 0 Å². The number of carbonyl (C=O) groups is 1. The smallest absolute Gasteiger partial charge is 0.220 e. The number of hydrogen-bond acceptors (Lipinski definition) is 2. The topological polar surface area (TPSA) is 46.9 Å². The van der Waals surface area contributed by atoms with E-state index in [4.69, 9.17) is 0 Å². The highest BCUT2D eigenvalue weighted by Crippen LogP contribution is 2.49. The van der Waals surface area contributed by atoms with Crippen LogP contribution in [-0.4, -0.2) is 22.2 Å². The summed E-state index contributed by atoms with van der Waals surface area (Å²) in [6.45, 7) is 1.64. The number of amides is 1. The molecule has 2 aliphatic carbocycles. The summed E-state index contributed by atoms with van der Waals surface area (Å²) in [5.41, 5.74) is 0. The van der Waals surface area contributed by atoms with Gasteiger partial charge in [-0.15, -0.1) is 0 Å². The lowest BCUT2D eigenvalue weighted by Gasteiger charge is -2.20. The van der Waals surface area contributed by atoms with E-state index in [9.17, 15) is 4.79 Å². The van der Waals surface area contributed by atoms with Crippen molar-refractivity contribution in [1.82, 2.24) is 15.1 Å². The van der Waals surface area contributed by atoms with Gasteiger partial charge in [-0.2, -0.15) is 5.10 Å². The highest BCUT2D eigenvalue weighted by Gasteiger charge is 2.39. The fourth-order valence-electron chi connectivity index (χ4n) is 3.84. The Bertz CT molecular complexity index is 415. The maximum absolute atomic E-state index is 11.9. The molecule has 0 aliphatic heterocycles. The molecule has 2 saturated carbocycles. The van der Waals surface area contributed by atoms with E-state index in [0.29, 0.717) is 5.92 Å². The second kappa shape index (κ2) is 5.76. The van der Waals surface area contributed by atoms with Crippen molar-refractivity contribution in [2.24, 2.45) is 17.8 Å². The summed E-state index contributed by atoms with van der Waals surface area (Å²) in [6.07, 6.45) is 10.9. The highest BCUT2D eigenvalue weighted by molar-refractivity contribution is 5.76. The van der Waals surface area contributed by atoms with Crippen molar-refractivity contribution in [3.63, 3.8) is 0 Å². The Balaban J connectivity index is 1.31. The molecule has 3 atom stereocenters. The van der Waals surface area contributed by atoms with Crippen LogP contribution in [0.25, 0.3) is 0 Å². The van der Waals surface area contributed by atoms with Gasteiger partial charge in [0.2, 0.25) is 5.91 Å². The van der Waals surface area contributed by atoms with Crippen molar-refractivity contribution in [3.05, 3.63) is 18.5 Å². The van der Waals surface area contributed by atoms with Gasteiger partial charge in [-0.3, -0.25) is 9.48 Å². The molecule has 0 saturated heterocycles. The number of rotatable bonds is 6. The zero-order chi connectivity index (χ0) is 13.1. The van der Waals surface area contributed by atoms with Crippen LogP contribution in [-0.2, 0) is 11.3 Å². The van der Waals surface area contributed by atoms with Crippen LogP contribution in [0.15, 0.2) is 18.5 Å². The van der Waals surface area contributed by atoms with E-state index in [1.165, 1.54) is 25.7 Å². The molecule has 1 N–H and O–H groups in total. The average molecular weight is 261 g/mol. The Labute approximate surface area is 114 Å². The predicted molar refractivity (Wildman–Crippen MR) is 73.4 cm³/mol. The van der Waals surface area contributed by atoms with Crippen LogP contribution in [0.2, 0.25) is 0 Å². The van der Waals surface area contributed by atoms with Gasteiger partial charge >= 0.3 is 0 Å². The molecular formula is C15H23N3O. The van der Waals surface area contributed by atoms with Crippen LogP contribution in [0.5, 0.6) is 0 Å². The van der Waals surface area contributed by atoms with Crippen molar-refractivity contribution in [3.8, 4) is 0 Å². The summed E-state index contributed by atoms with van der Waals surface area (Å²) >= 11 is 0. The molecule has 1 aromatic heterocycles. The molecule has 0 unspecified atom stereocenters. The first-order chi connectivity index (χ1) is 9.31. The Kier molecular flexibility index (Phi) is 3.85. The molecule has 1 heterocycles. The van der Waals surface area contributed by atoms with E-state index in [2.05, 4.69) is 10.4 Å². The fourth-order valence-corrected chi connectivity index (χ4v) is 3.84. The lowest BCUT2D eigenvalue weighted by Crippen LogP contribution is -2.28. The van der Waals surface area contributed by atoms with Crippen molar-refractivity contribution < 1.29 is 4.79 Å². The van der Waals surface area contributed by atoms with Crippen molar-refractivity contribution in [1.29, 1.82) is 0 Å². The van der Waals surface area contributed by atoms with Gasteiger partial charge in [0.05, 0.1) is 0 Å². The number of hydrogen-bond donors (Lipinski definition) is 1. The quantitative estimate of drug-likeness (QED) is 0.798. The molecule has 0 aromatic carbocycles. The largest absolute Gasteiger partial charge is 0.356 e. The standard InChI is InChI=1S/C15H23N3O/c19-15(11-14-10-12-3-4-13(14)9-12)16-5-1-7-18-8-2-6-17-18/h2,6,8,12-14H,1,3-5,7,9-11H2,(H,16,19)/t12-,13-,14-/m0/s1. The summed E-state index contributed by atoms with van der Waals surface area (Å²) in [4.78, 5) is 11.9. The van der Waals surface area contributed by atoms with Crippen LogP contribution in [0.3, 0.4) is 0 Å². The van der Waals surface area contributed by atoms with E-state index in [0.717, 1.165) is 37.8 Å². The maximum atomic E-state index is 11.9. The number of nitrogens with one attached hydrogen (secondary N) is 1. The monoisotopic (exact) mass is 261 g/mol. The SMILES string of the molecule is O=C(C[C@@H]1C[C@H]2CC[C@H]1C2)NCCCn1cccn1. The normalized spacial score (nSPS) is 28.7. The minimum Gasteiger partial charge on any atom is -0.356 e. The molecule has 19 heavy (non-hydrogen) atoms. The van der Waals surface area contributed by atoms with Crippen LogP contribution >= 0.6 is 0 Å². The van der Waals surface area contributed by atoms with E-state index in [1.807, 2.05) is 16.9 Å². The van der Waals surface area contributed by atoms with Crippen LogP contribution in [0, 0.1) is 17.8 Å². The predicted octanol–water partition coefficient (Wildman–Crippen LogP) is 2.22. The van der Waals surface area contributed by atoms with Gasteiger partial charge in [-0.25, -0.2) is 0 Å². The summed E-state index contributed by atoms with van der Waals surface area (Å²) < 4.78 is 1.90. The highest BCUT2D eigenvalue weighted by atomic mass is 16.1. The molecule has 4 heteroatoms. The molecule has 3 rings (SSSR count). The number of aromatic nitrogens is 2. The third-order valence-electron chi connectivity index (χ3n) is 4.78. The molecule has 104 valence electrons. The second-order valence-electron chi connectivity index (χ2n) is 6.11. The molecule has 4 nitrogen and oxygen atoms in total. The molecule has 1 amide bonds. The molecule has 2 aliphatic rings. The molecule has 0 spiro atoms. The Morgan fingerprint density at radius 2 is 2.32 bits per heavy atom. The number of aryl methyl sites for hydroxylation is 1. The van der Waals surface area contributed by atoms with Gasteiger partial charge in [-0.1, -0.05) is 6.42 Å². The van der Waals surface area contributed by atoms with Gasteiger partial charge in [-0.05, 0) is 49.5 Å². The molecular weight excluding hydrogens is 238 g/mol. The second-order valence-corrected chi connectivity index (χ2v) is 6.11. The van der Waals surface area contributed by atoms with Crippen LogP contribution < -0.4 is 5.32 Å². The number of nitrogens with zero attached hydrogens (tertiary/aromatic N) is 2. The summed E-state index contributed by atoms with van der Waals surface area (Å²) in [5, 5.41) is 7.20. The molecule has 2 bridgehead atoms. The van der Waals surface area contributed by atoms with Crippen LogP contribution in [0.4, 0.5) is 0 Å². The first kappa shape index (κ1) is 12.7. The zero-order valence-electron chi connectivity index (χ0n) is 11.4. The maximum Gasteiger partial charge on any atom is 0.220 e. The summed E-state index contributed by atoms with van der Waals surface area (Å²) in [7, 11) is 0. The van der Waals surface area contributed by atoms with Crippen molar-refractivity contribution >= 4 is 5.91 Å². The average Bonchev–Trinajstić information content (AvgIpc) is 3.11. The lowest BCUT2D eigenvalue weighted by molar-refractivity contribution is -0.122.